The summed E-state index contributed by atoms with van der Waals surface area (Å²) in [6, 6.07) is 16.8. The average Bonchev–Trinajstić information content (AvgIpc) is 2.66. The van der Waals surface area contributed by atoms with E-state index in [1.54, 1.807) is 6.08 Å². The smallest absolute Gasteiger partial charge is 0.328 e. The summed E-state index contributed by atoms with van der Waals surface area (Å²) in [6.45, 7) is 4.27. The maximum atomic E-state index is 12.2. The van der Waals surface area contributed by atoms with Gasteiger partial charge >= 0.3 is 5.97 Å². The van der Waals surface area contributed by atoms with E-state index in [1.807, 2.05) is 42.5 Å². The molecule has 0 radical (unpaired) electrons. The minimum absolute atomic E-state index is 0.329. The van der Waals surface area contributed by atoms with Gasteiger partial charge in [0.2, 0.25) is 5.91 Å². The molecule has 0 aliphatic carbocycles. The number of ether oxygens (including phenoxy) is 1. The SMILES string of the molecule is COC(=O)C(Cc1ccccc1)NC(=O)/C=C/c1ccc(C(C)C)cc1. The van der Waals surface area contributed by atoms with Crippen LogP contribution < -0.4 is 5.32 Å². The van der Waals surface area contributed by atoms with Gasteiger partial charge in [0, 0.05) is 12.5 Å². The fourth-order valence-corrected chi connectivity index (χ4v) is 2.57. The lowest BCUT2D eigenvalue weighted by Gasteiger charge is -2.15. The summed E-state index contributed by atoms with van der Waals surface area (Å²) in [7, 11) is 1.32. The van der Waals surface area contributed by atoms with Gasteiger partial charge < -0.3 is 10.1 Å². The molecule has 1 amide bonds. The van der Waals surface area contributed by atoms with Gasteiger partial charge in [-0.25, -0.2) is 4.79 Å². The maximum absolute atomic E-state index is 12.2. The zero-order chi connectivity index (χ0) is 18.9. The van der Waals surface area contributed by atoms with E-state index in [-0.39, 0.29) is 5.91 Å². The molecule has 0 heterocycles. The third-order valence-corrected chi connectivity index (χ3v) is 4.12. The molecular formula is C22H25NO3. The van der Waals surface area contributed by atoms with Crippen LogP contribution in [-0.2, 0) is 20.7 Å². The molecule has 26 heavy (non-hydrogen) atoms. The maximum Gasteiger partial charge on any atom is 0.328 e. The highest BCUT2D eigenvalue weighted by atomic mass is 16.5. The average molecular weight is 351 g/mol. The molecule has 136 valence electrons. The first kappa shape index (κ1) is 19.4. The summed E-state index contributed by atoms with van der Waals surface area (Å²) in [5, 5.41) is 2.72. The molecular weight excluding hydrogens is 326 g/mol. The van der Waals surface area contributed by atoms with Crippen molar-refractivity contribution in [2.24, 2.45) is 0 Å². The highest BCUT2D eigenvalue weighted by Gasteiger charge is 2.20. The van der Waals surface area contributed by atoms with Crippen LogP contribution >= 0.6 is 0 Å². The Balaban J connectivity index is 2.00. The lowest BCUT2D eigenvalue weighted by molar-refractivity contribution is -0.144. The normalized spacial score (nSPS) is 12.2. The molecule has 0 spiro atoms. The first-order valence-corrected chi connectivity index (χ1v) is 8.70. The number of hydrogen-bond acceptors (Lipinski definition) is 3. The first-order valence-electron chi connectivity index (χ1n) is 8.70. The number of hydrogen-bond donors (Lipinski definition) is 1. The summed E-state index contributed by atoms with van der Waals surface area (Å²) in [4.78, 5) is 24.2. The third-order valence-electron chi connectivity index (χ3n) is 4.12. The monoisotopic (exact) mass is 351 g/mol. The Hall–Kier alpha value is -2.88. The fourth-order valence-electron chi connectivity index (χ4n) is 2.57. The Morgan fingerprint density at radius 1 is 1.04 bits per heavy atom. The van der Waals surface area contributed by atoms with Crippen LogP contribution in [0.15, 0.2) is 60.7 Å². The molecule has 0 aliphatic heterocycles. The zero-order valence-electron chi connectivity index (χ0n) is 15.4. The standard InChI is InChI=1S/C22H25NO3/c1-16(2)19-12-9-17(10-13-19)11-14-21(24)23-20(22(25)26-3)15-18-7-5-4-6-8-18/h4-14,16,20H,15H2,1-3H3,(H,23,24)/b14-11+. The van der Waals surface area contributed by atoms with Crippen LogP contribution in [0.2, 0.25) is 0 Å². The lowest BCUT2D eigenvalue weighted by Crippen LogP contribution is -2.42. The molecule has 0 saturated heterocycles. The van der Waals surface area contributed by atoms with Gasteiger partial charge in [0.15, 0.2) is 0 Å². The van der Waals surface area contributed by atoms with Crippen molar-refractivity contribution >= 4 is 18.0 Å². The van der Waals surface area contributed by atoms with Crippen molar-refractivity contribution in [3.05, 3.63) is 77.4 Å². The van der Waals surface area contributed by atoms with Gasteiger partial charge in [0.05, 0.1) is 7.11 Å². The van der Waals surface area contributed by atoms with Crippen molar-refractivity contribution in [1.29, 1.82) is 0 Å². The summed E-state index contributed by atoms with van der Waals surface area (Å²) >= 11 is 0. The van der Waals surface area contributed by atoms with Gasteiger partial charge in [-0.05, 0) is 28.7 Å². The fraction of sp³-hybridized carbons (Fsp3) is 0.273. The second-order valence-corrected chi connectivity index (χ2v) is 6.43. The van der Waals surface area contributed by atoms with Crippen LogP contribution in [-0.4, -0.2) is 25.0 Å². The molecule has 1 atom stereocenters. The Morgan fingerprint density at radius 2 is 1.69 bits per heavy atom. The molecule has 2 aromatic carbocycles. The van der Waals surface area contributed by atoms with Crippen molar-refractivity contribution in [1.82, 2.24) is 5.32 Å². The van der Waals surface area contributed by atoms with Gasteiger partial charge in [0.1, 0.15) is 6.04 Å². The van der Waals surface area contributed by atoms with Crippen molar-refractivity contribution in [3.63, 3.8) is 0 Å². The Kier molecular flexibility index (Phi) is 7.15. The number of amides is 1. The second kappa shape index (κ2) is 9.56. The van der Waals surface area contributed by atoms with E-state index in [1.165, 1.54) is 18.7 Å². The summed E-state index contributed by atoms with van der Waals surface area (Å²) < 4.78 is 4.81. The summed E-state index contributed by atoms with van der Waals surface area (Å²) in [5.74, 6) is -0.323. The van der Waals surface area contributed by atoms with Crippen molar-refractivity contribution in [2.75, 3.05) is 7.11 Å². The Bertz CT molecular complexity index is 749. The quantitative estimate of drug-likeness (QED) is 0.611. The van der Waals surface area contributed by atoms with Gasteiger partial charge in [-0.2, -0.15) is 0 Å². The molecule has 2 aromatic rings. The molecule has 4 heteroatoms. The number of carbonyl (C=O) groups is 2. The molecule has 0 bridgehead atoms. The number of benzene rings is 2. The van der Waals surface area contributed by atoms with Crippen LogP contribution in [0.3, 0.4) is 0 Å². The molecule has 1 N–H and O–H groups in total. The van der Waals surface area contributed by atoms with Crippen molar-refractivity contribution in [2.45, 2.75) is 32.2 Å². The summed E-state index contributed by atoms with van der Waals surface area (Å²) in [5.41, 5.74) is 3.14. The van der Waals surface area contributed by atoms with E-state index in [0.29, 0.717) is 12.3 Å². The number of nitrogens with one attached hydrogen (secondary N) is 1. The summed E-state index contributed by atoms with van der Waals surface area (Å²) in [6.07, 6.45) is 3.55. The number of esters is 1. The van der Waals surface area contributed by atoms with E-state index < -0.39 is 12.0 Å². The lowest BCUT2D eigenvalue weighted by atomic mass is 10.0. The number of carbonyl (C=O) groups excluding carboxylic acids is 2. The van der Waals surface area contributed by atoms with Crippen LogP contribution in [0.4, 0.5) is 0 Å². The van der Waals surface area contributed by atoms with Gasteiger partial charge in [-0.3, -0.25) is 4.79 Å². The highest BCUT2D eigenvalue weighted by Crippen LogP contribution is 2.15. The molecule has 0 fully saturated rings. The van der Waals surface area contributed by atoms with E-state index in [0.717, 1.165) is 11.1 Å². The topological polar surface area (TPSA) is 55.4 Å². The Morgan fingerprint density at radius 3 is 2.27 bits per heavy atom. The van der Waals surface area contributed by atoms with Crippen LogP contribution in [0.1, 0.15) is 36.5 Å². The predicted octanol–water partition coefficient (Wildman–Crippen LogP) is 3.72. The van der Waals surface area contributed by atoms with Gasteiger partial charge in [-0.15, -0.1) is 0 Å². The minimum atomic E-state index is -0.720. The molecule has 2 rings (SSSR count). The molecule has 1 unspecified atom stereocenters. The zero-order valence-corrected chi connectivity index (χ0v) is 15.4. The van der Waals surface area contributed by atoms with Crippen molar-refractivity contribution < 1.29 is 14.3 Å². The van der Waals surface area contributed by atoms with E-state index in [4.69, 9.17) is 4.74 Å². The van der Waals surface area contributed by atoms with Crippen molar-refractivity contribution in [3.8, 4) is 0 Å². The largest absolute Gasteiger partial charge is 0.467 e. The van der Waals surface area contributed by atoms with E-state index >= 15 is 0 Å². The second-order valence-electron chi connectivity index (χ2n) is 6.43. The minimum Gasteiger partial charge on any atom is -0.467 e. The predicted molar refractivity (Wildman–Crippen MR) is 104 cm³/mol. The van der Waals surface area contributed by atoms with Gasteiger partial charge in [-0.1, -0.05) is 68.4 Å². The van der Waals surface area contributed by atoms with Crippen LogP contribution in [0, 0.1) is 0 Å². The molecule has 0 saturated carbocycles. The van der Waals surface area contributed by atoms with Crippen LogP contribution in [0.25, 0.3) is 6.08 Å². The van der Waals surface area contributed by atoms with Crippen LogP contribution in [0.5, 0.6) is 0 Å². The third kappa shape index (κ3) is 5.88. The molecule has 4 nitrogen and oxygen atoms in total. The Labute approximate surface area is 154 Å². The number of rotatable bonds is 7. The van der Waals surface area contributed by atoms with E-state index in [9.17, 15) is 9.59 Å². The first-order chi connectivity index (χ1) is 12.5. The molecule has 0 aromatic heterocycles. The van der Waals surface area contributed by atoms with Gasteiger partial charge in [0.25, 0.3) is 0 Å². The van der Waals surface area contributed by atoms with E-state index in [2.05, 4.69) is 31.3 Å². The molecule has 0 aliphatic rings. The number of methoxy groups -OCH3 is 1. The highest BCUT2D eigenvalue weighted by molar-refractivity contribution is 5.94.